The largest absolute Gasteiger partial charge is 0.464 e. The number of nitrogens with two attached hydrogens (primary N) is 1. The molecule has 0 bridgehead atoms. The van der Waals surface area contributed by atoms with Crippen LogP contribution in [0.4, 0.5) is 11.4 Å². The molecule has 2 heterocycles. The Hall–Kier alpha value is -1.71. The van der Waals surface area contributed by atoms with E-state index >= 15 is 0 Å². The number of fused-ring (bicyclic) bond motifs is 1. The molecule has 1 unspecified atom stereocenters. The zero-order valence-electron chi connectivity index (χ0n) is 8.98. The molecule has 2 N–H and O–H groups in total. The van der Waals surface area contributed by atoms with Crippen LogP contribution in [0.2, 0.25) is 0 Å². The molecule has 1 saturated heterocycles. The number of anilines is 2. The average molecular weight is 218 g/mol. The van der Waals surface area contributed by atoms with Crippen LogP contribution in [0, 0.1) is 0 Å². The molecule has 2 aliphatic heterocycles. The zero-order chi connectivity index (χ0) is 11.1. The lowest BCUT2D eigenvalue weighted by Gasteiger charge is -2.24. The lowest BCUT2D eigenvalue weighted by molar-refractivity contribution is -0.139. The van der Waals surface area contributed by atoms with Crippen LogP contribution >= 0.6 is 0 Å². The van der Waals surface area contributed by atoms with Crippen molar-refractivity contribution in [1.29, 1.82) is 0 Å². The third kappa shape index (κ3) is 1.26. The second kappa shape index (κ2) is 3.40. The molecule has 0 aromatic heterocycles. The lowest BCUT2D eigenvalue weighted by atomic mass is 10.1. The van der Waals surface area contributed by atoms with Crippen molar-refractivity contribution in [2.75, 3.05) is 23.8 Å². The van der Waals surface area contributed by atoms with Gasteiger partial charge in [0.2, 0.25) is 0 Å². The van der Waals surface area contributed by atoms with Crippen molar-refractivity contribution in [3.05, 3.63) is 23.8 Å². The second-order valence-corrected chi connectivity index (χ2v) is 4.27. The Morgan fingerprint density at radius 3 is 3.06 bits per heavy atom. The van der Waals surface area contributed by atoms with Gasteiger partial charge >= 0.3 is 5.97 Å². The highest BCUT2D eigenvalue weighted by molar-refractivity contribution is 5.86. The van der Waals surface area contributed by atoms with Crippen LogP contribution in [0.25, 0.3) is 0 Å². The van der Waals surface area contributed by atoms with E-state index in [1.165, 1.54) is 5.56 Å². The van der Waals surface area contributed by atoms with E-state index in [-0.39, 0.29) is 12.0 Å². The number of carbonyl (C=O) groups excluding carboxylic acids is 1. The molecule has 0 spiro atoms. The maximum absolute atomic E-state index is 11.6. The second-order valence-electron chi connectivity index (χ2n) is 4.27. The summed E-state index contributed by atoms with van der Waals surface area (Å²) in [4.78, 5) is 13.7. The fourth-order valence-electron chi connectivity index (χ4n) is 2.60. The van der Waals surface area contributed by atoms with E-state index in [0.717, 1.165) is 30.8 Å². The Labute approximate surface area is 94.0 Å². The summed E-state index contributed by atoms with van der Waals surface area (Å²) in [5.74, 6) is -0.115. The van der Waals surface area contributed by atoms with Crippen LogP contribution in [-0.2, 0) is 16.0 Å². The van der Waals surface area contributed by atoms with E-state index in [1.807, 2.05) is 12.1 Å². The number of esters is 1. The van der Waals surface area contributed by atoms with Gasteiger partial charge < -0.3 is 15.4 Å². The number of ether oxygens (including phenoxy) is 1. The number of para-hydroxylation sites is 1. The van der Waals surface area contributed by atoms with Gasteiger partial charge in [0.1, 0.15) is 6.04 Å². The zero-order valence-corrected chi connectivity index (χ0v) is 8.98. The fourth-order valence-corrected chi connectivity index (χ4v) is 2.60. The number of nitrogen functional groups attached to an aromatic ring is 1. The van der Waals surface area contributed by atoms with Crippen molar-refractivity contribution in [3.8, 4) is 0 Å². The van der Waals surface area contributed by atoms with Crippen LogP contribution in [0.3, 0.4) is 0 Å². The van der Waals surface area contributed by atoms with Gasteiger partial charge in [-0.1, -0.05) is 12.1 Å². The number of hydrogen-bond donors (Lipinski definition) is 1. The Bertz CT molecular complexity index is 445. The molecule has 0 aliphatic carbocycles. The van der Waals surface area contributed by atoms with Crippen molar-refractivity contribution < 1.29 is 9.53 Å². The Morgan fingerprint density at radius 1 is 1.44 bits per heavy atom. The van der Waals surface area contributed by atoms with Crippen molar-refractivity contribution in [2.24, 2.45) is 0 Å². The Kier molecular flexibility index (Phi) is 2.02. The molecule has 4 nitrogen and oxygen atoms in total. The maximum atomic E-state index is 11.6. The molecule has 3 rings (SSSR count). The minimum Gasteiger partial charge on any atom is -0.464 e. The van der Waals surface area contributed by atoms with E-state index in [4.69, 9.17) is 10.5 Å². The molecule has 0 radical (unpaired) electrons. The topological polar surface area (TPSA) is 55.6 Å². The quantitative estimate of drug-likeness (QED) is 0.563. The number of nitrogens with zero attached hydrogens (tertiary/aromatic N) is 1. The van der Waals surface area contributed by atoms with Gasteiger partial charge in [0, 0.05) is 13.0 Å². The van der Waals surface area contributed by atoms with Gasteiger partial charge in [-0.2, -0.15) is 0 Å². The van der Waals surface area contributed by atoms with Gasteiger partial charge in [0.15, 0.2) is 0 Å². The van der Waals surface area contributed by atoms with E-state index in [2.05, 4.69) is 11.0 Å². The van der Waals surface area contributed by atoms with Crippen LogP contribution in [0.15, 0.2) is 18.2 Å². The molecule has 1 aromatic rings. The molecule has 84 valence electrons. The summed E-state index contributed by atoms with van der Waals surface area (Å²) in [6, 6.07) is 5.79. The van der Waals surface area contributed by atoms with Crippen LogP contribution in [0.1, 0.15) is 12.0 Å². The van der Waals surface area contributed by atoms with E-state index in [0.29, 0.717) is 6.61 Å². The van der Waals surface area contributed by atoms with Gasteiger partial charge in [-0.15, -0.1) is 0 Å². The first kappa shape index (κ1) is 9.51. The SMILES string of the molecule is Nc1cccc2c1N(C1CCOC1=O)CC2. The summed E-state index contributed by atoms with van der Waals surface area (Å²) in [6.07, 6.45) is 1.73. The maximum Gasteiger partial charge on any atom is 0.328 e. The van der Waals surface area contributed by atoms with Gasteiger partial charge in [0.05, 0.1) is 18.0 Å². The standard InChI is InChI=1S/C12H14N2O2/c13-9-3-1-2-8-4-6-14(11(8)9)10-5-7-16-12(10)15/h1-3,10H,4-7,13H2. The van der Waals surface area contributed by atoms with Gasteiger partial charge in [-0.05, 0) is 18.1 Å². The minimum atomic E-state index is -0.133. The van der Waals surface area contributed by atoms with Crippen molar-refractivity contribution in [3.63, 3.8) is 0 Å². The van der Waals surface area contributed by atoms with Gasteiger partial charge in [-0.3, -0.25) is 0 Å². The molecule has 0 saturated carbocycles. The fraction of sp³-hybridized carbons (Fsp3) is 0.417. The number of hydrogen-bond acceptors (Lipinski definition) is 4. The van der Waals surface area contributed by atoms with Gasteiger partial charge in [-0.25, -0.2) is 4.79 Å². The summed E-state index contributed by atoms with van der Waals surface area (Å²) in [6.45, 7) is 1.39. The molecule has 16 heavy (non-hydrogen) atoms. The first-order chi connectivity index (χ1) is 7.77. The summed E-state index contributed by atoms with van der Waals surface area (Å²) >= 11 is 0. The monoisotopic (exact) mass is 218 g/mol. The number of rotatable bonds is 1. The molecule has 2 aliphatic rings. The molecule has 0 amide bonds. The first-order valence-electron chi connectivity index (χ1n) is 5.58. The van der Waals surface area contributed by atoms with Crippen LogP contribution < -0.4 is 10.6 Å². The molecule has 1 fully saturated rings. The molecule has 4 heteroatoms. The van der Waals surface area contributed by atoms with E-state index < -0.39 is 0 Å². The van der Waals surface area contributed by atoms with Crippen LogP contribution in [0.5, 0.6) is 0 Å². The Balaban J connectivity index is 1.99. The van der Waals surface area contributed by atoms with Crippen molar-refractivity contribution >= 4 is 17.3 Å². The third-order valence-electron chi connectivity index (χ3n) is 3.34. The molecular weight excluding hydrogens is 204 g/mol. The molecule has 1 atom stereocenters. The number of cyclic esters (lactones) is 1. The summed E-state index contributed by atoms with van der Waals surface area (Å²) in [7, 11) is 0. The van der Waals surface area contributed by atoms with Crippen molar-refractivity contribution in [1.82, 2.24) is 0 Å². The van der Waals surface area contributed by atoms with E-state index in [9.17, 15) is 4.79 Å². The Morgan fingerprint density at radius 2 is 2.31 bits per heavy atom. The predicted molar refractivity (Wildman–Crippen MR) is 61.3 cm³/mol. The molecule has 1 aromatic carbocycles. The summed E-state index contributed by atoms with van der Waals surface area (Å²) in [5.41, 5.74) is 9.01. The number of benzene rings is 1. The predicted octanol–water partition coefficient (Wildman–Crippen LogP) is 0.947. The highest BCUT2D eigenvalue weighted by Gasteiger charge is 2.36. The summed E-state index contributed by atoms with van der Waals surface area (Å²) < 4.78 is 5.01. The van der Waals surface area contributed by atoms with Crippen molar-refractivity contribution in [2.45, 2.75) is 18.9 Å². The minimum absolute atomic E-state index is 0.115. The smallest absolute Gasteiger partial charge is 0.328 e. The number of carbonyl (C=O) groups is 1. The highest BCUT2D eigenvalue weighted by Crippen LogP contribution is 2.36. The van der Waals surface area contributed by atoms with E-state index in [1.54, 1.807) is 0 Å². The first-order valence-corrected chi connectivity index (χ1v) is 5.58. The third-order valence-corrected chi connectivity index (χ3v) is 3.34. The van der Waals surface area contributed by atoms with Gasteiger partial charge in [0.25, 0.3) is 0 Å². The van der Waals surface area contributed by atoms with Crippen LogP contribution in [-0.4, -0.2) is 25.2 Å². The average Bonchev–Trinajstić information content (AvgIpc) is 2.84. The lowest BCUT2D eigenvalue weighted by Crippen LogP contribution is -2.37. The molecular formula is C12H14N2O2. The normalized spacial score (nSPS) is 23.4. The summed E-state index contributed by atoms with van der Waals surface area (Å²) in [5, 5.41) is 0. The highest BCUT2D eigenvalue weighted by atomic mass is 16.5.